The lowest BCUT2D eigenvalue weighted by atomic mass is 10.0. The van der Waals surface area contributed by atoms with Crippen molar-refractivity contribution in [3.05, 3.63) is 93.7 Å². The number of hydrogen-bond donors (Lipinski definition) is 1. The van der Waals surface area contributed by atoms with E-state index in [1.54, 1.807) is 24.2 Å². The first-order valence-electron chi connectivity index (χ1n) is 9.48. The van der Waals surface area contributed by atoms with Crippen LogP contribution in [0.4, 0.5) is 0 Å². The first-order chi connectivity index (χ1) is 14.5. The van der Waals surface area contributed by atoms with Crippen LogP contribution in [0, 0.1) is 6.92 Å². The molecule has 7 heteroatoms. The Hall–Kier alpha value is -3.45. The second-order valence-electron chi connectivity index (χ2n) is 7.20. The number of aryl methyl sites for hydroxylation is 1. The number of hydrogen-bond acceptors (Lipinski definition) is 5. The van der Waals surface area contributed by atoms with Crippen LogP contribution in [0.2, 0.25) is 0 Å². The molecule has 1 atom stereocenters. The highest BCUT2D eigenvalue weighted by Gasteiger charge is 2.29. The van der Waals surface area contributed by atoms with Gasteiger partial charge in [0.1, 0.15) is 5.56 Å². The van der Waals surface area contributed by atoms with E-state index < -0.39 is 11.4 Å². The van der Waals surface area contributed by atoms with Crippen LogP contribution in [-0.4, -0.2) is 25.6 Å². The molecule has 4 aromatic rings. The Bertz CT molecular complexity index is 1380. The van der Waals surface area contributed by atoms with Gasteiger partial charge in [0, 0.05) is 46.4 Å². The van der Waals surface area contributed by atoms with E-state index in [9.17, 15) is 14.7 Å². The van der Waals surface area contributed by atoms with Crippen LogP contribution in [0.25, 0.3) is 16.7 Å². The number of carboxylic acid groups (broad SMARTS) is 1. The van der Waals surface area contributed by atoms with Gasteiger partial charge < -0.3 is 9.67 Å². The molecule has 0 saturated carbocycles. The number of carbonyl (C=O) groups is 1. The van der Waals surface area contributed by atoms with E-state index in [1.807, 2.05) is 54.0 Å². The molecule has 1 unspecified atom stereocenters. The molecule has 2 aromatic heterocycles. The average molecular weight is 415 g/mol. The minimum atomic E-state index is -1.20. The van der Waals surface area contributed by atoms with Crippen molar-refractivity contribution in [2.45, 2.75) is 23.5 Å². The zero-order chi connectivity index (χ0) is 20.8. The lowest BCUT2D eigenvalue weighted by Crippen LogP contribution is -2.24. The Balaban J connectivity index is 1.77. The summed E-state index contributed by atoms with van der Waals surface area (Å²) in [5.74, 6) is -1.20. The molecule has 5 rings (SSSR count). The maximum Gasteiger partial charge on any atom is 0.341 e. The van der Waals surface area contributed by atoms with Crippen LogP contribution < -0.4 is 5.43 Å². The zero-order valence-electron chi connectivity index (χ0n) is 16.1. The molecule has 148 valence electrons. The van der Waals surface area contributed by atoms with Gasteiger partial charge >= 0.3 is 5.97 Å². The maximum absolute atomic E-state index is 12.6. The van der Waals surface area contributed by atoms with Crippen molar-refractivity contribution in [3.8, 4) is 5.69 Å². The van der Waals surface area contributed by atoms with E-state index in [0.29, 0.717) is 12.1 Å². The van der Waals surface area contributed by atoms with E-state index in [-0.39, 0.29) is 10.8 Å². The smallest absolute Gasteiger partial charge is 0.341 e. The van der Waals surface area contributed by atoms with Crippen molar-refractivity contribution in [3.63, 3.8) is 0 Å². The Morgan fingerprint density at radius 2 is 1.87 bits per heavy atom. The molecule has 30 heavy (non-hydrogen) atoms. The predicted molar refractivity (Wildman–Crippen MR) is 116 cm³/mol. The number of pyridine rings is 1. The fraction of sp³-hybridized carbons (Fsp3) is 0.130. The predicted octanol–water partition coefficient (Wildman–Crippen LogP) is 4.18. The second kappa shape index (κ2) is 7.11. The second-order valence-corrected chi connectivity index (χ2v) is 8.44. The van der Waals surface area contributed by atoms with Gasteiger partial charge in [-0.1, -0.05) is 18.2 Å². The molecule has 0 aliphatic carbocycles. The van der Waals surface area contributed by atoms with Crippen LogP contribution >= 0.6 is 11.8 Å². The summed E-state index contributed by atoms with van der Waals surface area (Å²) in [6.07, 6.45) is 3.72. The SMILES string of the molecule is Cc1cc(=O)c(C(=O)O)c2n1-c1ccccc1SC(c1ccc3nccnc3c1)C2. The molecule has 1 N–H and O–H groups in total. The molecule has 0 fully saturated rings. The fourth-order valence-electron chi connectivity index (χ4n) is 4.03. The van der Waals surface area contributed by atoms with Crippen LogP contribution in [-0.2, 0) is 6.42 Å². The van der Waals surface area contributed by atoms with E-state index in [1.165, 1.54) is 6.07 Å². The lowest BCUT2D eigenvalue weighted by Gasteiger charge is -2.19. The third-order valence-electron chi connectivity index (χ3n) is 5.33. The Labute approximate surface area is 176 Å². The molecule has 1 aliphatic rings. The topological polar surface area (TPSA) is 85.1 Å². The summed E-state index contributed by atoms with van der Waals surface area (Å²) >= 11 is 1.67. The van der Waals surface area contributed by atoms with Gasteiger partial charge in [-0.15, -0.1) is 11.8 Å². The molecule has 2 aromatic carbocycles. The number of aromatic carboxylic acids is 1. The Morgan fingerprint density at radius 1 is 1.10 bits per heavy atom. The van der Waals surface area contributed by atoms with E-state index >= 15 is 0 Å². The van der Waals surface area contributed by atoms with Crippen molar-refractivity contribution in [2.24, 2.45) is 0 Å². The summed E-state index contributed by atoms with van der Waals surface area (Å²) in [4.78, 5) is 34.3. The van der Waals surface area contributed by atoms with Crippen LogP contribution in [0.15, 0.2) is 70.6 Å². The fourth-order valence-corrected chi connectivity index (χ4v) is 5.30. The van der Waals surface area contributed by atoms with Gasteiger partial charge in [-0.3, -0.25) is 14.8 Å². The molecule has 6 nitrogen and oxygen atoms in total. The van der Waals surface area contributed by atoms with Crippen molar-refractivity contribution < 1.29 is 9.90 Å². The number of carboxylic acids is 1. The number of benzene rings is 2. The summed E-state index contributed by atoms with van der Waals surface area (Å²) in [5, 5.41) is 9.73. The Morgan fingerprint density at radius 3 is 2.67 bits per heavy atom. The molecule has 0 radical (unpaired) electrons. The Kier molecular flexibility index (Phi) is 4.40. The van der Waals surface area contributed by atoms with Crippen molar-refractivity contribution >= 4 is 28.8 Å². The highest BCUT2D eigenvalue weighted by atomic mass is 32.2. The van der Waals surface area contributed by atoms with E-state index in [4.69, 9.17) is 0 Å². The maximum atomic E-state index is 12.6. The average Bonchev–Trinajstić information content (AvgIpc) is 2.90. The van der Waals surface area contributed by atoms with Gasteiger partial charge in [-0.2, -0.15) is 0 Å². The zero-order valence-corrected chi connectivity index (χ0v) is 16.9. The number of para-hydroxylation sites is 1. The lowest BCUT2D eigenvalue weighted by molar-refractivity contribution is 0.0693. The summed E-state index contributed by atoms with van der Waals surface area (Å²) < 4.78 is 1.91. The minimum absolute atomic E-state index is 0.0781. The van der Waals surface area contributed by atoms with Gasteiger partial charge in [0.15, 0.2) is 5.43 Å². The number of aromatic nitrogens is 3. The van der Waals surface area contributed by atoms with E-state index in [2.05, 4.69) is 9.97 Å². The summed E-state index contributed by atoms with van der Waals surface area (Å²) in [6, 6.07) is 15.2. The standard InChI is InChI=1S/C23H17N3O3S/c1-13-10-19(27)22(23(28)29)18-12-21(30-20-5-3-2-4-17(20)26(13)18)14-6-7-15-16(11-14)25-9-8-24-15/h2-11,21H,12H2,1H3,(H,28,29). The molecule has 0 amide bonds. The van der Waals surface area contributed by atoms with Crippen LogP contribution in [0.3, 0.4) is 0 Å². The molecule has 0 spiro atoms. The van der Waals surface area contributed by atoms with Gasteiger partial charge in [0.25, 0.3) is 0 Å². The number of thioether (sulfide) groups is 1. The van der Waals surface area contributed by atoms with Crippen molar-refractivity contribution in [1.29, 1.82) is 0 Å². The summed E-state index contributed by atoms with van der Waals surface area (Å²) in [5.41, 5.74) is 4.11. The molecule has 1 aliphatic heterocycles. The summed E-state index contributed by atoms with van der Waals surface area (Å²) in [7, 11) is 0. The summed E-state index contributed by atoms with van der Waals surface area (Å²) in [6.45, 7) is 1.84. The normalized spacial score (nSPS) is 15.3. The molecule has 3 heterocycles. The minimum Gasteiger partial charge on any atom is -0.477 e. The molecular formula is C23H17N3O3S. The van der Waals surface area contributed by atoms with E-state index in [0.717, 1.165) is 32.9 Å². The third-order valence-corrected chi connectivity index (χ3v) is 6.65. The molecule has 0 bridgehead atoms. The highest BCUT2D eigenvalue weighted by molar-refractivity contribution is 7.99. The van der Waals surface area contributed by atoms with Crippen molar-refractivity contribution in [2.75, 3.05) is 0 Å². The first kappa shape index (κ1) is 18.6. The number of rotatable bonds is 2. The van der Waals surface area contributed by atoms with Gasteiger partial charge in [-0.05, 0) is 36.8 Å². The highest BCUT2D eigenvalue weighted by Crippen LogP contribution is 2.44. The van der Waals surface area contributed by atoms with Crippen LogP contribution in [0.5, 0.6) is 0 Å². The third kappa shape index (κ3) is 2.98. The van der Waals surface area contributed by atoms with Gasteiger partial charge in [-0.25, -0.2) is 4.79 Å². The van der Waals surface area contributed by atoms with Gasteiger partial charge in [0.2, 0.25) is 0 Å². The quantitative estimate of drug-likeness (QED) is 0.529. The number of fused-ring (bicyclic) bond motifs is 4. The monoisotopic (exact) mass is 415 g/mol. The molecule has 0 saturated heterocycles. The van der Waals surface area contributed by atoms with Crippen LogP contribution in [0.1, 0.15) is 32.6 Å². The number of nitrogens with zero attached hydrogens (tertiary/aromatic N) is 3. The van der Waals surface area contributed by atoms with Crippen molar-refractivity contribution in [1.82, 2.24) is 14.5 Å². The largest absolute Gasteiger partial charge is 0.477 e. The first-order valence-corrected chi connectivity index (χ1v) is 10.4. The van der Waals surface area contributed by atoms with Gasteiger partial charge in [0.05, 0.1) is 16.7 Å². The molecular weight excluding hydrogens is 398 g/mol.